The van der Waals surface area contributed by atoms with Crippen molar-refractivity contribution in [1.29, 1.82) is 0 Å². The summed E-state index contributed by atoms with van der Waals surface area (Å²) < 4.78 is 10.8. The number of ether oxygens (including phenoxy) is 2. The molecule has 4 rings (SSSR count). The van der Waals surface area contributed by atoms with Gasteiger partial charge in [0.15, 0.2) is 0 Å². The van der Waals surface area contributed by atoms with Gasteiger partial charge in [0.05, 0.1) is 24.7 Å². The van der Waals surface area contributed by atoms with Crippen LogP contribution in [0.4, 0.5) is 0 Å². The monoisotopic (exact) mass is 396 g/mol. The van der Waals surface area contributed by atoms with E-state index in [1.54, 1.807) is 7.11 Å². The highest BCUT2D eigenvalue weighted by Gasteiger charge is 2.23. The molecule has 0 atom stereocenters. The number of rotatable bonds is 6. The highest BCUT2D eigenvalue weighted by molar-refractivity contribution is 6.31. The van der Waals surface area contributed by atoms with Gasteiger partial charge in [-0.3, -0.25) is 9.78 Å². The average Bonchev–Trinajstić information content (AvgIpc) is 3.17. The van der Waals surface area contributed by atoms with Crippen molar-refractivity contribution in [2.75, 3.05) is 20.3 Å². The first-order valence-corrected chi connectivity index (χ1v) is 9.69. The first-order valence-electron chi connectivity index (χ1n) is 9.32. The largest absolute Gasteiger partial charge is 0.497 e. The molecule has 0 radical (unpaired) electrons. The van der Waals surface area contributed by atoms with Gasteiger partial charge in [0.25, 0.3) is 5.91 Å². The number of aryl methyl sites for hydroxylation is 1. The topological polar surface area (TPSA) is 60.5 Å². The van der Waals surface area contributed by atoms with Gasteiger partial charge in [-0.25, -0.2) is 0 Å². The molecule has 144 valence electrons. The molecule has 0 bridgehead atoms. The minimum atomic E-state index is -0.105. The van der Waals surface area contributed by atoms with Crippen molar-refractivity contribution >= 4 is 28.4 Å². The first kappa shape index (κ1) is 18.6. The highest BCUT2D eigenvalue weighted by atomic mass is 35.5. The van der Waals surface area contributed by atoms with E-state index in [-0.39, 0.29) is 5.91 Å². The highest BCUT2D eigenvalue weighted by Crippen LogP contribution is 2.31. The Morgan fingerprint density at radius 2 is 1.93 bits per heavy atom. The van der Waals surface area contributed by atoms with E-state index in [1.807, 2.05) is 42.5 Å². The maximum Gasteiger partial charge on any atom is 0.252 e. The number of fused-ring (bicyclic) bond motifs is 2. The molecular weight excluding hydrogens is 376 g/mol. The Labute approximate surface area is 168 Å². The maximum atomic E-state index is 13.0. The number of aromatic nitrogens is 1. The van der Waals surface area contributed by atoms with E-state index in [0.29, 0.717) is 23.7 Å². The molecule has 28 heavy (non-hydrogen) atoms. The number of hydrogen-bond donors (Lipinski definition) is 1. The molecule has 1 N–H and O–H groups in total. The Kier molecular flexibility index (Phi) is 5.35. The average molecular weight is 397 g/mol. The number of carbonyl (C=O) groups excluding carboxylic acids is 1. The summed E-state index contributed by atoms with van der Waals surface area (Å²) in [5, 5.41) is 4.38. The zero-order chi connectivity index (χ0) is 19.5. The summed E-state index contributed by atoms with van der Waals surface area (Å²) in [6, 6.07) is 12.9. The van der Waals surface area contributed by atoms with Crippen molar-refractivity contribution in [2.24, 2.45) is 0 Å². The van der Waals surface area contributed by atoms with Crippen molar-refractivity contribution in [3.8, 4) is 11.5 Å². The van der Waals surface area contributed by atoms with Crippen LogP contribution in [0.15, 0.2) is 42.5 Å². The third kappa shape index (κ3) is 3.76. The fraction of sp³-hybridized carbons (Fsp3) is 0.273. The van der Waals surface area contributed by atoms with Crippen LogP contribution in [0.5, 0.6) is 11.5 Å². The number of benzene rings is 2. The molecule has 0 aliphatic heterocycles. The predicted octanol–water partition coefficient (Wildman–Crippen LogP) is 4.19. The lowest BCUT2D eigenvalue weighted by Gasteiger charge is -2.13. The summed E-state index contributed by atoms with van der Waals surface area (Å²) in [6.45, 7) is 0.786. The van der Waals surface area contributed by atoms with Gasteiger partial charge in [0.1, 0.15) is 18.1 Å². The van der Waals surface area contributed by atoms with E-state index < -0.39 is 0 Å². The van der Waals surface area contributed by atoms with Gasteiger partial charge < -0.3 is 14.8 Å². The van der Waals surface area contributed by atoms with Crippen LogP contribution >= 0.6 is 11.6 Å². The zero-order valence-electron chi connectivity index (χ0n) is 15.6. The first-order chi connectivity index (χ1) is 13.7. The molecule has 0 unspecified atom stereocenters. The Bertz CT molecular complexity index is 1020. The molecule has 1 amide bonds. The summed E-state index contributed by atoms with van der Waals surface area (Å²) in [6.07, 6.45) is 2.80. The fourth-order valence-electron chi connectivity index (χ4n) is 3.59. The lowest BCUT2D eigenvalue weighted by molar-refractivity contribution is 0.0947. The molecular formula is C22H21ClN2O3. The Morgan fingerprint density at radius 3 is 2.71 bits per heavy atom. The van der Waals surface area contributed by atoms with Crippen molar-refractivity contribution in [2.45, 2.75) is 19.3 Å². The van der Waals surface area contributed by atoms with Gasteiger partial charge in [0, 0.05) is 16.1 Å². The summed E-state index contributed by atoms with van der Waals surface area (Å²) in [5.41, 5.74) is 3.58. The summed E-state index contributed by atoms with van der Waals surface area (Å²) in [7, 11) is 1.62. The number of pyridine rings is 1. The van der Waals surface area contributed by atoms with Crippen LogP contribution in [0.2, 0.25) is 5.02 Å². The number of amides is 1. The molecule has 1 aliphatic rings. The third-order valence-corrected chi connectivity index (χ3v) is 5.15. The lowest BCUT2D eigenvalue weighted by Crippen LogP contribution is -2.29. The van der Waals surface area contributed by atoms with Gasteiger partial charge in [-0.1, -0.05) is 11.6 Å². The molecule has 5 nitrogen and oxygen atoms in total. The van der Waals surface area contributed by atoms with E-state index >= 15 is 0 Å². The van der Waals surface area contributed by atoms with Gasteiger partial charge in [0.2, 0.25) is 0 Å². The number of nitrogens with zero attached hydrogens (tertiary/aromatic N) is 1. The van der Waals surface area contributed by atoms with Crippen LogP contribution in [-0.4, -0.2) is 31.2 Å². The van der Waals surface area contributed by atoms with Crippen molar-refractivity contribution in [1.82, 2.24) is 10.3 Å². The molecule has 0 fully saturated rings. The molecule has 0 saturated carbocycles. The molecule has 3 aromatic rings. The summed E-state index contributed by atoms with van der Waals surface area (Å²) in [5.74, 6) is 1.40. The minimum Gasteiger partial charge on any atom is -0.497 e. The maximum absolute atomic E-state index is 13.0. The van der Waals surface area contributed by atoms with Gasteiger partial charge in [-0.05, 0) is 67.3 Å². The Balaban J connectivity index is 1.47. The van der Waals surface area contributed by atoms with Crippen molar-refractivity contribution in [3.63, 3.8) is 0 Å². The van der Waals surface area contributed by atoms with E-state index in [1.165, 1.54) is 0 Å². The van der Waals surface area contributed by atoms with E-state index in [4.69, 9.17) is 26.1 Å². The second-order valence-corrected chi connectivity index (χ2v) is 7.14. The lowest BCUT2D eigenvalue weighted by atomic mass is 10.0. The quantitative estimate of drug-likeness (QED) is 0.634. The predicted molar refractivity (Wildman–Crippen MR) is 110 cm³/mol. The normalized spacial score (nSPS) is 12.6. The number of carbonyl (C=O) groups is 1. The molecule has 1 aliphatic carbocycles. The van der Waals surface area contributed by atoms with Crippen LogP contribution in [0.25, 0.3) is 10.9 Å². The summed E-state index contributed by atoms with van der Waals surface area (Å²) >= 11 is 6.17. The van der Waals surface area contributed by atoms with Crippen LogP contribution in [-0.2, 0) is 12.8 Å². The van der Waals surface area contributed by atoms with Crippen LogP contribution in [0.1, 0.15) is 28.0 Å². The molecule has 0 spiro atoms. The van der Waals surface area contributed by atoms with Crippen molar-refractivity contribution < 1.29 is 14.3 Å². The zero-order valence-corrected chi connectivity index (χ0v) is 16.4. The molecule has 0 saturated heterocycles. The number of methoxy groups -OCH3 is 1. The molecule has 2 aromatic carbocycles. The van der Waals surface area contributed by atoms with Gasteiger partial charge in [-0.2, -0.15) is 0 Å². The second kappa shape index (κ2) is 8.07. The smallest absolute Gasteiger partial charge is 0.252 e. The van der Waals surface area contributed by atoms with Crippen LogP contribution in [0, 0.1) is 0 Å². The summed E-state index contributed by atoms with van der Waals surface area (Å²) in [4.78, 5) is 17.7. The Morgan fingerprint density at radius 1 is 1.14 bits per heavy atom. The van der Waals surface area contributed by atoms with Gasteiger partial charge in [-0.15, -0.1) is 0 Å². The Hall–Kier alpha value is -2.79. The van der Waals surface area contributed by atoms with E-state index in [2.05, 4.69) is 5.32 Å². The third-order valence-electron chi connectivity index (χ3n) is 4.92. The standard InChI is InChI=1S/C22H21ClN2O3/c1-27-15-6-8-16(9-7-15)28-12-11-24-22(26)21-17-3-2-4-19(17)25-20-10-5-14(23)13-18(20)21/h5-10,13H,2-4,11-12H2,1H3,(H,24,26). The van der Waals surface area contributed by atoms with E-state index in [9.17, 15) is 4.79 Å². The van der Waals surface area contributed by atoms with Crippen molar-refractivity contribution in [3.05, 3.63) is 64.3 Å². The molecule has 6 heteroatoms. The molecule has 1 aromatic heterocycles. The van der Waals surface area contributed by atoms with Crippen LogP contribution < -0.4 is 14.8 Å². The van der Waals surface area contributed by atoms with Gasteiger partial charge >= 0.3 is 0 Å². The number of halogens is 1. The molecule has 1 heterocycles. The minimum absolute atomic E-state index is 0.105. The SMILES string of the molecule is COc1ccc(OCCNC(=O)c2c3c(nc4ccc(Cl)cc24)CCC3)cc1. The van der Waals surface area contributed by atoms with Crippen LogP contribution in [0.3, 0.4) is 0 Å². The fourth-order valence-corrected chi connectivity index (χ4v) is 3.76. The second-order valence-electron chi connectivity index (χ2n) is 6.71. The number of hydrogen-bond acceptors (Lipinski definition) is 4. The van der Waals surface area contributed by atoms with E-state index in [0.717, 1.165) is 52.9 Å². The number of nitrogens with one attached hydrogen (secondary N) is 1.